The van der Waals surface area contributed by atoms with Crippen molar-refractivity contribution in [3.05, 3.63) is 0 Å². The SMILES string of the molecule is CCNC1(C(=O)OCC)CCC(N2CCCCCCC2)C1. The summed E-state index contributed by atoms with van der Waals surface area (Å²) in [5, 5.41) is 3.44. The molecule has 0 bridgehead atoms. The molecule has 4 nitrogen and oxygen atoms in total. The fourth-order valence-electron chi connectivity index (χ4n) is 3.99. The summed E-state index contributed by atoms with van der Waals surface area (Å²) in [4.78, 5) is 15.0. The van der Waals surface area contributed by atoms with Gasteiger partial charge in [-0.1, -0.05) is 26.2 Å². The quantitative estimate of drug-likeness (QED) is 0.792. The standard InChI is InChI=1S/C17H32N2O2/c1-3-18-17(16(20)21-4-2)11-10-15(14-17)19-12-8-6-5-7-9-13-19/h15,18H,3-14H2,1-2H3. The fourth-order valence-corrected chi connectivity index (χ4v) is 3.99. The molecule has 122 valence electrons. The number of rotatable bonds is 5. The molecule has 0 spiro atoms. The molecule has 1 heterocycles. The van der Waals surface area contributed by atoms with Gasteiger partial charge < -0.3 is 15.0 Å². The third-order valence-corrected chi connectivity index (χ3v) is 5.08. The summed E-state index contributed by atoms with van der Waals surface area (Å²) in [7, 11) is 0. The molecule has 4 heteroatoms. The molecular formula is C17H32N2O2. The first-order valence-corrected chi connectivity index (χ1v) is 8.88. The summed E-state index contributed by atoms with van der Waals surface area (Å²) < 4.78 is 5.34. The van der Waals surface area contributed by atoms with E-state index in [4.69, 9.17) is 4.74 Å². The summed E-state index contributed by atoms with van der Waals surface area (Å²) in [5.41, 5.74) is -0.433. The van der Waals surface area contributed by atoms with Gasteiger partial charge in [-0.05, 0) is 58.7 Å². The molecule has 21 heavy (non-hydrogen) atoms. The highest BCUT2D eigenvalue weighted by Crippen LogP contribution is 2.35. The smallest absolute Gasteiger partial charge is 0.326 e. The van der Waals surface area contributed by atoms with Gasteiger partial charge in [-0.15, -0.1) is 0 Å². The molecule has 2 fully saturated rings. The van der Waals surface area contributed by atoms with Gasteiger partial charge in [0.2, 0.25) is 0 Å². The van der Waals surface area contributed by atoms with E-state index in [1.807, 2.05) is 6.92 Å². The van der Waals surface area contributed by atoms with Gasteiger partial charge in [-0.3, -0.25) is 4.79 Å². The van der Waals surface area contributed by atoms with E-state index >= 15 is 0 Å². The Morgan fingerprint density at radius 2 is 1.86 bits per heavy atom. The number of likely N-dealkylation sites (tertiary alicyclic amines) is 1. The molecule has 0 aromatic carbocycles. The van der Waals surface area contributed by atoms with Gasteiger partial charge in [-0.25, -0.2) is 0 Å². The number of ether oxygens (including phenoxy) is 1. The summed E-state index contributed by atoms with van der Waals surface area (Å²) in [6, 6.07) is 0.548. The van der Waals surface area contributed by atoms with Gasteiger partial charge in [0, 0.05) is 6.04 Å². The molecule has 1 saturated heterocycles. The molecule has 0 aromatic heterocycles. The van der Waals surface area contributed by atoms with Crippen LogP contribution in [0.2, 0.25) is 0 Å². The topological polar surface area (TPSA) is 41.6 Å². The normalized spacial score (nSPS) is 31.6. The van der Waals surface area contributed by atoms with Crippen LogP contribution in [0.4, 0.5) is 0 Å². The number of carbonyl (C=O) groups excluding carboxylic acids is 1. The van der Waals surface area contributed by atoms with Crippen molar-refractivity contribution in [3.8, 4) is 0 Å². The maximum absolute atomic E-state index is 12.4. The van der Waals surface area contributed by atoms with Crippen molar-refractivity contribution in [1.29, 1.82) is 0 Å². The number of nitrogens with zero attached hydrogens (tertiary/aromatic N) is 1. The molecule has 1 aliphatic heterocycles. The number of likely N-dealkylation sites (N-methyl/N-ethyl adjacent to an activating group) is 1. The summed E-state index contributed by atoms with van der Waals surface area (Å²) in [6.07, 6.45) is 9.68. The van der Waals surface area contributed by atoms with Crippen molar-refractivity contribution in [2.75, 3.05) is 26.2 Å². The van der Waals surface area contributed by atoms with Gasteiger partial charge in [0.1, 0.15) is 5.54 Å². The minimum absolute atomic E-state index is 0.0404. The molecule has 2 rings (SSSR count). The number of esters is 1. The van der Waals surface area contributed by atoms with Crippen molar-refractivity contribution in [1.82, 2.24) is 10.2 Å². The molecule has 2 atom stereocenters. The number of hydrogen-bond donors (Lipinski definition) is 1. The second-order valence-electron chi connectivity index (χ2n) is 6.53. The minimum Gasteiger partial charge on any atom is -0.465 e. The molecule has 0 radical (unpaired) electrons. The van der Waals surface area contributed by atoms with Crippen molar-refractivity contribution in [2.45, 2.75) is 76.8 Å². The van der Waals surface area contributed by atoms with E-state index in [-0.39, 0.29) is 5.97 Å². The Hall–Kier alpha value is -0.610. The van der Waals surface area contributed by atoms with Gasteiger partial charge >= 0.3 is 5.97 Å². The van der Waals surface area contributed by atoms with Crippen molar-refractivity contribution in [3.63, 3.8) is 0 Å². The van der Waals surface area contributed by atoms with Gasteiger partial charge in [0.15, 0.2) is 0 Å². The molecule has 1 saturated carbocycles. The first-order valence-electron chi connectivity index (χ1n) is 8.88. The maximum Gasteiger partial charge on any atom is 0.326 e. The Bertz CT molecular complexity index is 327. The van der Waals surface area contributed by atoms with E-state index in [9.17, 15) is 4.79 Å². The van der Waals surface area contributed by atoms with E-state index in [1.165, 1.54) is 45.2 Å². The monoisotopic (exact) mass is 296 g/mol. The highest BCUT2D eigenvalue weighted by Gasteiger charge is 2.47. The first-order chi connectivity index (χ1) is 10.2. The maximum atomic E-state index is 12.4. The predicted octanol–water partition coefficient (Wildman–Crippen LogP) is 2.72. The zero-order chi connectivity index (χ0) is 15.1. The van der Waals surface area contributed by atoms with Crippen molar-refractivity contribution in [2.24, 2.45) is 0 Å². The third-order valence-electron chi connectivity index (χ3n) is 5.08. The lowest BCUT2D eigenvalue weighted by molar-refractivity contribution is -0.151. The summed E-state index contributed by atoms with van der Waals surface area (Å²) >= 11 is 0. The van der Waals surface area contributed by atoms with E-state index < -0.39 is 5.54 Å². The van der Waals surface area contributed by atoms with Crippen LogP contribution >= 0.6 is 0 Å². The molecule has 0 aromatic rings. The van der Waals surface area contributed by atoms with Crippen molar-refractivity contribution >= 4 is 5.97 Å². The van der Waals surface area contributed by atoms with E-state index in [2.05, 4.69) is 17.1 Å². The highest BCUT2D eigenvalue weighted by molar-refractivity contribution is 5.81. The van der Waals surface area contributed by atoms with Crippen LogP contribution in [0, 0.1) is 0 Å². The highest BCUT2D eigenvalue weighted by atomic mass is 16.5. The number of hydrogen-bond acceptors (Lipinski definition) is 4. The Kier molecular flexibility index (Phi) is 6.49. The second-order valence-corrected chi connectivity index (χ2v) is 6.53. The van der Waals surface area contributed by atoms with Crippen LogP contribution in [0.3, 0.4) is 0 Å². The Balaban J connectivity index is 1.99. The Morgan fingerprint density at radius 1 is 1.19 bits per heavy atom. The van der Waals surface area contributed by atoms with Crippen LogP contribution in [-0.2, 0) is 9.53 Å². The Labute approximate surface area is 129 Å². The molecule has 2 aliphatic rings. The number of nitrogens with one attached hydrogen (secondary N) is 1. The average molecular weight is 296 g/mol. The molecule has 0 amide bonds. The van der Waals surface area contributed by atoms with Gasteiger partial charge in [0.05, 0.1) is 6.61 Å². The van der Waals surface area contributed by atoms with Crippen LogP contribution < -0.4 is 5.32 Å². The average Bonchev–Trinajstić information content (AvgIpc) is 2.84. The zero-order valence-corrected chi connectivity index (χ0v) is 13.8. The lowest BCUT2D eigenvalue weighted by Crippen LogP contribution is -2.52. The van der Waals surface area contributed by atoms with Crippen LogP contribution in [0.15, 0.2) is 0 Å². The van der Waals surface area contributed by atoms with Crippen LogP contribution in [-0.4, -0.2) is 48.7 Å². The molecular weight excluding hydrogens is 264 g/mol. The van der Waals surface area contributed by atoms with E-state index in [0.717, 1.165) is 25.8 Å². The first kappa shape index (κ1) is 16.8. The van der Waals surface area contributed by atoms with Crippen molar-refractivity contribution < 1.29 is 9.53 Å². The zero-order valence-electron chi connectivity index (χ0n) is 13.8. The fraction of sp³-hybridized carbons (Fsp3) is 0.941. The predicted molar refractivity (Wildman–Crippen MR) is 85.3 cm³/mol. The van der Waals surface area contributed by atoms with E-state index in [0.29, 0.717) is 12.6 Å². The van der Waals surface area contributed by atoms with Gasteiger partial charge in [-0.2, -0.15) is 0 Å². The molecule has 1 aliphatic carbocycles. The van der Waals surface area contributed by atoms with Crippen LogP contribution in [0.1, 0.15) is 65.2 Å². The van der Waals surface area contributed by atoms with Gasteiger partial charge in [0.25, 0.3) is 0 Å². The Morgan fingerprint density at radius 3 is 2.48 bits per heavy atom. The minimum atomic E-state index is -0.433. The molecule has 2 unspecified atom stereocenters. The summed E-state index contributed by atoms with van der Waals surface area (Å²) in [6.45, 7) is 7.67. The molecule has 1 N–H and O–H groups in total. The van der Waals surface area contributed by atoms with E-state index in [1.54, 1.807) is 0 Å². The number of carbonyl (C=O) groups is 1. The largest absolute Gasteiger partial charge is 0.465 e. The van der Waals surface area contributed by atoms with Crippen LogP contribution in [0.25, 0.3) is 0 Å². The lowest BCUT2D eigenvalue weighted by atomic mass is 9.96. The third kappa shape index (κ3) is 4.19. The summed E-state index contributed by atoms with van der Waals surface area (Å²) in [5.74, 6) is -0.0404. The van der Waals surface area contributed by atoms with Crippen LogP contribution in [0.5, 0.6) is 0 Å². The second kappa shape index (κ2) is 8.14. The lowest BCUT2D eigenvalue weighted by Gasteiger charge is -2.33.